The zero-order valence-corrected chi connectivity index (χ0v) is 11.0. The van der Waals surface area contributed by atoms with Crippen molar-refractivity contribution in [1.29, 1.82) is 5.26 Å². The molecule has 2 aliphatic carbocycles. The normalized spacial score (nSPS) is 23.5. The first-order chi connectivity index (χ1) is 8.17. The fourth-order valence-corrected chi connectivity index (χ4v) is 4.84. The molecule has 17 heavy (non-hydrogen) atoms. The predicted octanol–water partition coefficient (Wildman–Crippen LogP) is 4.31. The molecule has 0 saturated heterocycles. The fraction of sp³-hybridized carbons (Fsp3) is 0.533. The summed E-state index contributed by atoms with van der Waals surface area (Å²) in [5, 5.41) is 9.47. The molecule has 3 rings (SSSR count). The van der Waals surface area contributed by atoms with Gasteiger partial charge in [-0.05, 0) is 49.7 Å². The first-order valence-corrected chi connectivity index (χ1v) is 7.15. The monoisotopic (exact) mass is 243 g/mol. The van der Waals surface area contributed by atoms with Crippen LogP contribution in [-0.4, -0.2) is 4.75 Å². The van der Waals surface area contributed by atoms with E-state index in [0.717, 1.165) is 12.8 Å². The molecule has 1 aromatic carbocycles. The van der Waals surface area contributed by atoms with Gasteiger partial charge in [-0.15, -0.1) is 11.8 Å². The minimum absolute atomic E-state index is 0.132. The molecular formula is C15H17NS. The first-order valence-electron chi connectivity index (χ1n) is 6.33. The maximum Gasteiger partial charge on any atom is 0.108 e. The van der Waals surface area contributed by atoms with Gasteiger partial charge < -0.3 is 0 Å². The molecule has 2 aliphatic rings. The molecule has 0 N–H and O–H groups in total. The Bertz CT molecular complexity index is 474. The topological polar surface area (TPSA) is 23.8 Å². The van der Waals surface area contributed by atoms with E-state index in [1.54, 1.807) is 11.8 Å². The summed E-state index contributed by atoms with van der Waals surface area (Å²) in [5.41, 5.74) is 1.85. The molecule has 1 aromatic rings. The second-order valence-electron chi connectivity index (χ2n) is 5.68. The average Bonchev–Trinajstić information content (AvgIpc) is 2.23. The average molecular weight is 243 g/mol. The molecular weight excluding hydrogens is 226 g/mol. The lowest BCUT2D eigenvalue weighted by molar-refractivity contribution is 0.0152. The summed E-state index contributed by atoms with van der Waals surface area (Å²) in [7, 11) is 0. The smallest absolute Gasteiger partial charge is 0.108 e. The molecule has 1 nitrogen and oxygen atoms in total. The van der Waals surface area contributed by atoms with Crippen molar-refractivity contribution >= 4 is 11.8 Å². The van der Waals surface area contributed by atoms with Crippen molar-refractivity contribution in [3.8, 4) is 6.07 Å². The van der Waals surface area contributed by atoms with Crippen molar-refractivity contribution in [3.63, 3.8) is 0 Å². The molecule has 0 unspecified atom stereocenters. The molecule has 0 bridgehead atoms. The highest BCUT2D eigenvalue weighted by Crippen LogP contribution is 2.65. The maximum absolute atomic E-state index is 9.47. The van der Waals surface area contributed by atoms with Crippen LogP contribution in [0.15, 0.2) is 29.2 Å². The van der Waals surface area contributed by atoms with Crippen LogP contribution in [0.5, 0.6) is 0 Å². The molecule has 88 valence electrons. The van der Waals surface area contributed by atoms with Gasteiger partial charge in [0.15, 0.2) is 0 Å². The van der Waals surface area contributed by atoms with Gasteiger partial charge in [-0.1, -0.05) is 24.6 Å². The standard InChI is InChI=1S/C15H17NS/c1-12-5-2-3-6-13(12)17-15(11-16)9-14(10-15)7-4-8-14/h2-3,5-6H,4,7-10H2,1H3. The van der Waals surface area contributed by atoms with Crippen LogP contribution in [0.3, 0.4) is 0 Å². The Labute approximate surface area is 107 Å². The van der Waals surface area contributed by atoms with Crippen LogP contribution in [0.2, 0.25) is 0 Å². The Morgan fingerprint density at radius 2 is 1.94 bits per heavy atom. The summed E-state index contributed by atoms with van der Waals surface area (Å²) in [6.07, 6.45) is 6.29. The van der Waals surface area contributed by atoms with Gasteiger partial charge >= 0.3 is 0 Å². The Morgan fingerprint density at radius 3 is 2.47 bits per heavy atom. The van der Waals surface area contributed by atoms with Crippen molar-refractivity contribution in [2.75, 3.05) is 0 Å². The SMILES string of the molecule is Cc1ccccc1SC1(C#N)CC2(CCC2)C1. The number of rotatable bonds is 2. The van der Waals surface area contributed by atoms with Crippen molar-refractivity contribution in [2.24, 2.45) is 5.41 Å². The molecule has 0 amide bonds. The van der Waals surface area contributed by atoms with Crippen molar-refractivity contribution in [1.82, 2.24) is 0 Å². The molecule has 0 atom stereocenters. The number of hydrogen-bond acceptors (Lipinski definition) is 2. The van der Waals surface area contributed by atoms with Gasteiger partial charge in [0.2, 0.25) is 0 Å². The number of benzene rings is 1. The van der Waals surface area contributed by atoms with Gasteiger partial charge in [0.25, 0.3) is 0 Å². The largest absolute Gasteiger partial charge is 0.197 e. The van der Waals surface area contributed by atoms with Crippen LogP contribution in [0.1, 0.15) is 37.7 Å². The van der Waals surface area contributed by atoms with Crippen LogP contribution >= 0.6 is 11.8 Å². The van der Waals surface area contributed by atoms with E-state index in [9.17, 15) is 5.26 Å². The van der Waals surface area contributed by atoms with E-state index in [2.05, 4.69) is 37.3 Å². The second-order valence-corrected chi connectivity index (χ2v) is 7.11. The molecule has 2 fully saturated rings. The molecule has 0 aromatic heterocycles. The van der Waals surface area contributed by atoms with E-state index in [-0.39, 0.29) is 4.75 Å². The summed E-state index contributed by atoms with van der Waals surface area (Å²) in [6.45, 7) is 2.13. The Balaban J connectivity index is 1.76. The number of nitriles is 1. The van der Waals surface area contributed by atoms with E-state index >= 15 is 0 Å². The van der Waals surface area contributed by atoms with Crippen molar-refractivity contribution in [2.45, 2.75) is 48.7 Å². The lowest BCUT2D eigenvalue weighted by Crippen LogP contribution is -2.52. The lowest BCUT2D eigenvalue weighted by atomic mass is 9.52. The Hall–Kier alpha value is -0.940. The summed E-state index contributed by atoms with van der Waals surface area (Å²) >= 11 is 1.79. The van der Waals surface area contributed by atoms with E-state index < -0.39 is 0 Å². The highest BCUT2D eigenvalue weighted by atomic mass is 32.2. The van der Waals surface area contributed by atoms with E-state index in [0.29, 0.717) is 5.41 Å². The van der Waals surface area contributed by atoms with Gasteiger partial charge in [-0.3, -0.25) is 0 Å². The molecule has 0 heterocycles. The van der Waals surface area contributed by atoms with E-state index in [1.165, 1.54) is 29.7 Å². The van der Waals surface area contributed by atoms with Crippen molar-refractivity contribution in [3.05, 3.63) is 29.8 Å². The third kappa shape index (κ3) is 1.77. The van der Waals surface area contributed by atoms with Gasteiger partial charge in [0.1, 0.15) is 4.75 Å². The first kappa shape index (κ1) is 11.2. The molecule has 0 aliphatic heterocycles. The summed E-state index contributed by atoms with van der Waals surface area (Å²) in [4.78, 5) is 1.28. The van der Waals surface area contributed by atoms with E-state index in [1.807, 2.05) is 0 Å². The quantitative estimate of drug-likeness (QED) is 0.772. The fourth-order valence-electron chi connectivity index (χ4n) is 3.25. The van der Waals surface area contributed by atoms with Gasteiger partial charge in [0, 0.05) is 4.90 Å². The predicted molar refractivity (Wildman–Crippen MR) is 70.9 cm³/mol. The second kappa shape index (κ2) is 3.78. The lowest BCUT2D eigenvalue weighted by Gasteiger charge is -2.57. The Kier molecular flexibility index (Phi) is 2.48. The van der Waals surface area contributed by atoms with Crippen LogP contribution in [0.4, 0.5) is 0 Å². The van der Waals surface area contributed by atoms with E-state index in [4.69, 9.17) is 0 Å². The molecule has 0 radical (unpaired) electrons. The number of aryl methyl sites for hydroxylation is 1. The van der Waals surface area contributed by atoms with Gasteiger partial charge in [0.05, 0.1) is 6.07 Å². The Morgan fingerprint density at radius 1 is 1.24 bits per heavy atom. The zero-order valence-electron chi connectivity index (χ0n) is 10.2. The summed E-state index contributed by atoms with van der Waals surface area (Å²) < 4.78 is -0.132. The van der Waals surface area contributed by atoms with Gasteiger partial charge in [-0.25, -0.2) is 0 Å². The highest BCUT2D eigenvalue weighted by Gasteiger charge is 2.58. The third-order valence-electron chi connectivity index (χ3n) is 4.34. The maximum atomic E-state index is 9.47. The van der Waals surface area contributed by atoms with Crippen LogP contribution in [0, 0.1) is 23.7 Å². The van der Waals surface area contributed by atoms with Gasteiger partial charge in [-0.2, -0.15) is 5.26 Å². The third-order valence-corrected chi connectivity index (χ3v) is 5.79. The minimum atomic E-state index is -0.132. The van der Waals surface area contributed by atoms with Crippen molar-refractivity contribution < 1.29 is 0 Å². The number of hydrogen-bond donors (Lipinski definition) is 0. The summed E-state index contributed by atoms with van der Waals surface area (Å²) in [5.74, 6) is 0. The molecule has 2 heteroatoms. The zero-order chi connectivity index (χ0) is 11.9. The van der Waals surface area contributed by atoms with Crippen LogP contribution in [0.25, 0.3) is 0 Å². The van der Waals surface area contributed by atoms with Crippen LogP contribution in [-0.2, 0) is 0 Å². The highest BCUT2D eigenvalue weighted by molar-refractivity contribution is 8.01. The van der Waals surface area contributed by atoms with Crippen LogP contribution < -0.4 is 0 Å². The molecule has 2 saturated carbocycles. The summed E-state index contributed by atoms with van der Waals surface area (Å²) in [6, 6.07) is 11.0. The number of nitrogens with zero attached hydrogens (tertiary/aromatic N) is 1. The minimum Gasteiger partial charge on any atom is -0.197 e. The molecule has 1 spiro atoms. The number of thioether (sulfide) groups is 1.